The number of nitrogens with one attached hydrogen (secondary N) is 1. The van der Waals surface area contributed by atoms with E-state index in [0.29, 0.717) is 53.7 Å². The second-order valence-electron chi connectivity index (χ2n) is 9.20. The predicted octanol–water partition coefficient (Wildman–Crippen LogP) is 3.75. The van der Waals surface area contributed by atoms with Crippen molar-refractivity contribution in [3.63, 3.8) is 0 Å². The van der Waals surface area contributed by atoms with E-state index in [-0.39, 0.29) is 22.1 Å². The van der Waals surface area contributed by atoms with Crippen LogP contribution in [0, 0.1) is 13.8 Å². The van der Waals surface area contributed by atoms with Gasteiger partial charge >= 0.3 is 0 Å². The monoisotopic (exact) mass is 564 g/mol. The Morgan fingerprint density at radius 1 is 1.00 bits per heavy atom. The van der Waals surface area contributed by atoms with E-state index in [1.807, 2.05) is 38.1 Å². The Bertz CT molecular complexity index is 1700. The van der Waals surface area contributed by atoms with Crippen molar-refractivity contribution in [2.45, 2.75) is 23.9 Å². The van der Waals surface area contributed by atoms with Crippen LogP contribution in [0.1, 0.15) is 11.1 Å². The first kappa shape index (κ1) is 27.1. The number of anilines is 1. The number of carbonyl (C=O) groups excluding carboxylic acids is 1. The van der Waals surface area contributed by atoms with Gasteiger partial charge in [-0.2, -0.15) is 4.31 Å². The molecule has 3 aromatic carbocycles. The molecular weight excluding hydrogens is 536 g/mol. The van der Waals surface area contributed by atoms with E-state index in [1.54, 1.807) is 30.3 Å². The molecular formula is C28H28N4O5S2. The van der Waals surface area contributed by atoms with Crippen LogP contribution in [0.4, 0.5) is 5.69 Å². The van der Waals surface area contributed by atoms with Crippen LogP contribution in [0.3, 0.4) is 0 Å². The molecule has 0 radical (unpaired) electrons. The third-order valence-electron chi connectivity index (χ3n) is 6.57. The molecule has 202 valence electrons. The predicted molar refractivity (Wildman–Crippen MR) is 152 cm³/mol. The summed E-state index contributed by atoms with van der Waals surface area (Å²) in [6, 6.07) is 19.0. The van der Waals surface area contributed by atoms with Gasteiger partial charge in [-0.3, -0.25) is 14.2 Å². The van der Waals surface area contributed by atoms with Crippen molar-refractivity contribution < 1.29 is 17.9 Å². The molecule has 0 spiro atoms. The number of ether oxygens (including phenoxy) is 1. The van der Waals surface area contributed by atoms with Crippen LogP contribution in [-0.2, 0) is 19.6 Å². The number of aryl methyl sites for hydroxylation is 2. The second kappa shape index (κ2) is 11.3. The van der Waals surface area contributed by atoms with Gasteiger partial charge in [-0.1, -0.05) is 30.0 Å². The third kappa shape index (κ3) is 5.76. The summed E-state index contributed by atoms with van der Waals surface area (Å²) < 4.78 is 33.8. The molecule has 0 bridgehead atoms. The molecule has 11 heteroatoms. The van der Waals surface area contributed by atoms with E-state index in [4.69, 9.17) is 9.72 Å². The zero-order valence-corrected chi connectivity index (χ0v) is 23.2. The molecule has 0 aliphatic carbocycles. The van der Waals surface area contributed by atoms with Gasteiger partial charge in [-0.05, 0) is 73.5 Å². The Morgan fingerprint density at radius 2 is 1.72 bits per heavy atom. The summed E-state index contributed by atoms with van der Waals surface area (Å²) >= 11 is 1.16. The summed E-state index contributed by atoms with van der Waals surface area (Å²) in [7, 11) is -3.62. The molecule has 1 aromatic heterocycles. The number of amides is 1. The number of para-hydroxylation sites is 1. The highest BCUT2D eigenvalue weighted by Gasteiger charge is 2.26. The number of sulfonamides is 1. The van der Waals surface area contributed by atoms with Crippen molar-refractivity contribution in [3.8, 4) is 5.69 Å². The minimum absolute atomic E-state index is 0.00342. The van der Waals surface area contributed by atoms with Gasteiger partial charge in [-0.15, -0.1) is 0 Å². The Kier molecular flexibility index (Phi) is 7.85. The minimum Gasteiger partial charge on any atom is -0.379 e. The van der Waals surface area contributed by atoms with E-state index in [9.17, 15) is 18.0 Å². The van der Waals surface area contributed by atoms with Gasteiger partial charge in [-0.25, -0.2) is 13.4 Å². The molecule has 5 rings (SSSR count). The van der Waals surface area contributed by atoms with Crippen molar-refractivity contribution >= 4 is 44.3 Å². The minimum atomic E-state index is -3.62. The van der Waals surface area contributed by atoms with Crippen LogP contribution in [0.25, 0.3) is 16.6 Å². The number of thioether (sulfide) groups is 1. The largest absolute Gasteiger partial charge is 0.379 e. The van der Waals surface area contributed by atoms with Crippen LogP contribution in [0.2, 0.25) is 0 Å². The fourth-order valence-electron chi connectivity index (χ4n) is 4.27. The molecule has 1 saturated heterocycles. The number of rotatable bonds is 7. The fourth-order valence-corrected chi connectivity index (χ4v) is 6.50. The standard InChI is InChI=1S/C28H28N4O5S2/c1-19-7-10-22(17-20(19)2)32-27(34)24-5-3-4-6-25(24)30-28(32)38-18-26(33)29-21-8-11-23(12-9-21)39(35,36)31-13-15-37-16-14-31/h3-12,17H,13-16,18H2,1-2H3,(H,29,33). The summed E-state index contributed by atoms with van der Waals surface area (Å²) in [6.45, 7) is 5.35. The van der Waals surface area contributed by atoms with Gasteiger partial charge in [0.15, 0.2) is 5.16 Å². The van der Waals surface area contributed by atoms with Crippen LogP contribution < -0.4 is 10.9 Å². The van der Waals surface area contributed by atoms with Crippen LogP contribution >= 0.6 is 11.8 Å². The first-order chi connectivity index (χ1) is 18.7. The maximum atomic E-state index is 13.5. The quantitative estimate of drug-likeness (QED) is 0.269. The van der Waals surface area contributed by atoms with Crippen LogP contribution in [0.5, 0.6) is 0 Å². The molecule has 0 unspecified atom stereocenters. The topological polar surface area (TPSA) is 111 Å². The molecule has 1 aliphatic rings. The maximum Gasteiger partial charge on any atom is 0.266 e. The van der Waals surface area contributed by atoms with Crippen molar-refractivity contribution in [3.05, 3.63) is 88.2 Å². The number of benzene rings is 3. The van der Waals surface area contributed by atoms with Crippen molar-refractivity contribution in [2.75, 3.05) is 37.4 Å². The molecule has 0 saturated carbocycles. The lowest BCUT2D eigenvalue weighted by Gasteiger charge is -2.26. The highest BCUT2D eigenvalue weighted by atomic mass is 32.2. The van der Waals surface area contributed by atoms with E-state index < -0.39 is 10.0 Å². The molecule has 1 amide bonds. The van der Waals surface area contributed by atoms with Gasteiger partial charge in [0.1, 0.15) is 0 Å². The van der Waals surface area contributed by atoms with Crippen molar-refractivity contribution in [2.24, 2.45) is 0 Å². The fraction of sp³-hybridized carbons (Fsp3) is 0.250. The summed E-state index contributed by atoms with van der Waals surface area (Å²) in [5, 5.41) is 3.70. The zero-order chi connectivity index (χ0) is 27.6. The summed E-state index contributed by atoms with van der Waals surface area (Å²) in [6.07, 6.45) is 0. The highest BCUT2D eigenvalue weighted by molar-refractivity contribution is 7.99. The third-order valence-corrected chi connectivity index (χ3v) is 9.42. The highest BCUT2D eigenvalue weighted by Crippen LogP contribution is 2.24. The Hall–Kier alpha value is -3.51. The molecule has 1 N–H and O–H groups in total. The lowest BCUT2D eigenvalue weighted by atomic mass is 10.1. The number of morpholine rings is 1. The van der Waals surface area contributed by atoms with E-state index >= 15 is 0 Å². The van der Waals surface area contributed by atoms with Gasteiger partial charge in [0.05, 0.1) is 40.5 Å². The van der Waals surface area contributed by atoms with E-state index in [0.717, 1.165) is 22.9 Å². The molecule has 0 atom stereocenters. The number of carbonyl (C=O) groups is 1. The Balaban J connectivity index is 1.34. The molecule has 1 aliphatic heterocycles. The summed E-state index contributed by atoms with van der Waals surface area (Å²) in [5.74, 6) is -0.304. The number of hydrogen-bond donors (Lipinski definition) is 1. The number of aromatic nitrogens is 2. The van der Waals surface area contributed by atoms with Gasteiger partial charge in [0.25, 0.3) is 5.56 Å². The molecule has 2 heterocycles. The lowest BCUT2D eigenvalue weighted by Crippen LogP contribution is -2.40. The average molecular weight is 565 g/mol. The molecule has 9 nitrogen and oxygen atoms in total. The van der Waals surface area contributed by atoms with Gasteiger partial charge in [0.2, 0.25) is 15.9 Å². The van der Waals surface area contributed by atoms with E-state index in [1.165, 1.54) is 21.0 Å². The lowest BCUT2D eigenvalue weighted by molar-refractivity contribution is -0.113. The second-order valence-corrected chi connectivity index (χ2v) is 12.1. The molecule has 4 aromatic rings. The SMILES string of the molecule is Cc1ccc(-n2c(SCC(=O)Nc3ccc(S(=O)(=O)N4CCOCC4)cc3)nc3ccccc3c2=O)cc1C. The number of fused-ring (bicyclic) bond motifs is 1. The first-order valence-electron chi connectivity index (χ1n) is 12.4. The first-order valence-corrected chi connectivity index (χ1v) is 14.9. The normalized spacial score (nSPS) is 14.4. The van der Waals surface area contributed by atoms with Gasteiger partial charge in [0, 0.05) is 18.8 Å². The van der Waals surface area contributed by atoms with Crippen LogP contribution in [0.15, 0.2) is 81.6 Å². The summed E-state index contributed by atoms with van der Waals surface area (Å²) in [5.41, 5.74) is 3.66. The Labute approximate surface area is 230 Å². The molecule has 1 fully saturated rings. The summed E-state index contributed by atoms with van der Waals surface area (Å²) in [4.78, 5) is 31.1. The van der Waals surface area contributed by atoms with Gasteiger partial charge < -0.3 is 10.1 Å². The zero-order valence-electron chi connectivity index (χ0n) is 21.6. The van der Waals surface area contributed by atoms with Crippen molar-refractivity contribution in [1.82, 2.24) is 13.9 Å². The smallest absolute Gasteiger partial charge is 0.266 e. The average Bonchev–Trinajstić information content (AvgIpc) is 2.94. The number of nitrogens with zero attached hydrogens (tertiary/aromatic N) is 3. The number of hydrogen-bond acceptors (Lipinski definition) is 7. The maximum absolute atomic E-state index is 13.5. The van der Waals surface area contributed by atoms with Crippen LogP contribution in [-0.4, -0.2) is 60.2 Å². The van der Waals surface area contributed by atoms with Crippen molar-refractivity contribution in [1.29, 1.82) is 0 Å². The van der Waals surface area contributed by atoms with E-state index in [2.05, 4.69) is 5.32 Å². The molecule has 39 heavy (non-hydrogen) atoms. The Morgan fingerprint density at radius 3 is 2.44 bits per heavy atom.